The number of aliphatic hydroxyl groups excluding tert-OH is 1. The third kappa shape index (κ3) is 2.54. The van der Waals surface area contributed by atoms with E-state index in [-0.39, 0.29) is 0 Å². The molecule has 0 aliphatic rings. The quantitative estimate of drug-likeness (QED) is 0.902. The van der Waals surface area contributed by atoms with Crippen LogP contribution in [0.25, 0.3) is 0 Å². The van der Waals surface area contributed by atoms with Crippen molar-refractivity contribution in [3.8, 4) is 0 Å². The number of hydrogen-bond donors (Lipinski definition) is 1. The van der Waals surface area contributed by atoms with Crippen molar-refractivity contribution in [2.75, 3.05) is 0 Å². The summed E-state index contributed by atoms with van der Waals surface area (Å²) in [5.41, 5.74) is 3.19. The Bertz CT molecular complexity index is 461. The fourth-order valence-electron chi connectivity index (χ4n) is 1.59. The van der Waals surface area contributed by atoms with Gasteiger partial charge in [-0.25, -0.2) is 0 Å². The summed E-state index contributed by atoms with van der Waals surface area (Å²) in [7, 11) is 0. The van der Waals surface area contributed by atoms with Crippen molar-refractivity contribution in [1.29, 1.82) is 0 Å². The van der Waals surface area contributed by atoms with Gasteiger partial charge in [-0.15, -0.1) is 11.3 Å². The number of rotatable bonds is 3. The highest BCUT2D eigenvalue weighted by Gasteiger charge is 2.11. The first kappa shape index (κ1) is 11.8. The van der Waals surface area contributed by atoms with Gasteiger partial charge in [-0.1, -0.05) is 31.2 Å². The first-order valence-electron chi connectivity index (χ1n) is 5.21. The molecule has 0 saturated heterocycles. The Balaban J connectivity index is 2.23. The molecule has 2 aromatic rings. The van der Waals surface area contributed by atoms with Crippen LogP contribution in [0.3, 0.4) is 0 Å². The van der Waals surface area contributed by atoms with E-state index in [4.69, 9.17) is 0 Å². The van der Waals surface area contributed by atoms with Crippen LogP contribution in [0.15, 0.2) is 39.5 Å². The van der Waals surface area contributed by atoms with E-state index in [0.717, 1.165) is 21.3 Å². The first-order valence-corrected chi connectivity index (χ1v) is 6.89. The van der Waals surface area contributed by atoms with E-state index in [2.05, 4.69) is 35.0 Å². The molecule has 0 saturated carbocycles. The minimum atomic E-state index is -0.520. The fourth-order valence-corrected chi connectivity index (χ4v) is 2.79. The molecule has 16 heavy (non-hydrogen) atoms. The van der Waals surface area contributed by atoms with Crippen LogP contribution in [0.2, 0.25) is 0 Å². The SMILES string of the molecule is CCc1ccc(C(O)c2csc(Br)c2)cc1. The van der Waals surface area contributed by atoms with Crippen LogP contribution >= 0.6 is 27.3 Å². The average molecular weight is 297 g/mol. The molecule has 0 aliphatic carbocycles. The fraction of sp³-hybridized carbons (Fsp3) is 0.231. The molecule has 0 spiro atoms. The number of halogens is 1. The number of hydrogen-bond acceptors (Lipinski definition) is 2. The summed E-state index contributed by atoms with van der Waals surface area (Å²) >= 11 is 4.99. The minimum absolute atomic E-state index is 0.520. The largest absolute Gasteiger partial charge is 0.384 e. The smallest absolute Gasteiger partial charge is 0.105 e. The molecule has 1 atom stereocenters. The van der Waals surface area contributed by atoms with E-state index in [1.165, 1.54) is 5.56 Å². The van der Waals surface area contributed by atoms with E-state index in [1.54, 1.807) is 11.3 Å². The zero-order valence-electron chi connectivity index (χ0n) is 8.98. The maximum atomic E-state index is 10.2. The second kappa shape index (κ2) is 5.13. The van der Waals surface area contributed by atoms with Crippen LogP contribution in [-0.4, -0.2) is 5.11 Å². The van der Waals surface area contributed by atoms with Crippen LogP contribution in [0.4, 0.5) is 0 Å². The first-order chi connectivity index (χ1) is 7.70. The van der Waals surface area contributed by atoms with Crippen molar-refractivity contribution in [2.45, 2.75) is 19.4 Å². The lowest BCUT2D eigenvalue weighted by atomic mass is 10.0. The highest BCUT2D eigenvalue weighted by molar-refractivity contribution is 9.11. The van der Waals surface area contributed by atoms with Gasteiger partial charge in [0.25, 0.3) is 0 Å². The molecule has 2 rings (SSSR count). The molecule has 0 radical (unpaired) electrons. The summed E-state index contributed by atoms with van der Waals surface area (Å²) in [6.45, 7) is 2.13. The van der Waals surface area contributed by atoms with Gasteiger partial charge in [0.1, 0.15) is 6.10 Å². The van der Waals surface area contributed by atoms with Crippen LogP contribution < -0.4 is 0 Å². The molecule has 1 heterocycles. The van der Waals surface area contributed by atoms with E-state index < -0.39 is 6.10 Å². The summed E-state index contributed by atoms with van der Waals surface area (Å²) in [4.78, 5) is 0. The van der Waals surface area contributed by atoms with Crippen LogP contribution in [0.1, 0.15) is 29.7 Å². The lowest BCUT2D eigenvalue weighted by Gasteiger charge is -2.09. The number of thiophene rings is 1. The molecular formula is C13H13BrOS. The lowest BCUT2D eigenvalue weighted by molar-refractivity contribution is 0.221. The van der Waals surface area contributed by atoms with Gasteiger partial charge in [0.2, 0.25) is 0 Å². The van der Waals surface area contributed by atoms with Crippen molar-refractivity contribution < 1.29 is 5.11 Å². The predicted molar refractivity (Wildman–Crippen MR) is 71.9 cm³/mol. The summed E-state index contributed by atoms with van der Waals surface area (Å²) < 4.78 is 1.05. The molecule has 1 unspecified atom stereocenters. The third-order valence-electron chi connectivity index (χ3n) is 2.61. The lowest BCUT2D eigenvalue weighted by Crippen LogP contribution is -1.97. The second-order valence-electron chi connectivity index (χ2n) is 3.68. The molecule has 84 valence electrons. The molecule has 1 aromatic heterocycles. The van der Waals surface area contributed by atoms with Gasteiger partial charge in [0, 0.05) is 0 Å². The Morgan fingerprint density at radius 3 is 2.44 bits per heavy atom. The Hall–Kier alpha value is -0.640. The van der Waals surface area contributed by atoms with Gasteiger partial charge in [0.05, 0.1) is 3.79 Å². The van der Waals surface area contributed by atoms with Crippen molar-refractivity contribution >= 4 is 27.3 Å². The number of aliphatic hydroxyl groups is 1. The van der Waals surface area contributed by atoms with E-state index in [0.29, 0.717) is 0 Å². The highest BCUT2D eigenvalue weighted by Crippen LogP contribution is 2.29. The molecule has 0 amide bonds. The van der Waals surface area contributed by atoms with Crippen LogP contribution in [0.5, 0.6) is 0 Å². The second-order valence-corrected chi connectivity index (χ2v) is 5.97. The Kier molecular flexibility index (Phi) is 3.79. The van der Waals surface area contributed by atoms with Crippen molar-refractivity contribution in [3.63, 3.8) is 0 Å². The molecule has 0 bridgehead atoms. The Labute approximate surface area is 108 Å². The Morgan fingerprint density at radius 2 is 1.94 bits per heavy atom. The zero-order valence-corrected chi connectivity index (χ0v) is 11.4. The van der Waals surface area contributed by atoms with Gasteiger partial charge >= 0.3 is 0 Å². The van der Waals surface area contributed by atoms with Crippen LogP contribution in [-0.2, 0) is 6.42 Å². The van der Waals surface area contributed by atoms with Gasteiger partial charge in [-0.3, -0.25) is 0 Å². The molecule has 1 aromatic carbocycles. The zero-order chi connectivity index (χ0) is 11.5. The topological polar surface area (TPSA) is 20.2 Å². The van der Waals surface area contributed by atoms with Crippen LogP contribution in [0, 0.1) is 0 Å². The molecule has 1 nitrogen and oxygen atoms in total. The Morgan fingerprint density at radius 1 is 1.25 bits per heavy atom. The van der Waals surface area contributed by atoms with Crippen molar-refractivity contribution in [3.05, 3.63) is 56.2 Å². The predicted octanol–water partition coefficient (Wildman–Crippen LogP) is 4.15. The summed E-state index contributed by atoms with van der Waals surface area (Å²) in [6.07, 6.45) is 0.508. The maximum absolute atomic E-state index is 10.2. The van der Waals surface area contributed by atoms with Crippen molar-refractivity contribution in [2.24, 2.45) is 0 Å². The summed E-state index contributed by atoms with van der Waals surface area (Å²) in [5.74, 6) is 0. The molecule has 0 aliphatic heterocycles. The molecular weight excluding hydrogens is 284 g/mol. The molecule has 3 heteroatoms. The average Bonchev–Trinajstić information content (AvgIpc) is 2.75. The maximum Gasteiger partial charge on any atom is 0.105 e. The van der Waals surface area contributed by atoms with E-state index in [1.807, 2.05) is 23.6 Å². The van der Waals surface area contributed by atoms with Gasteiger partial charge < -0.3 is 5.11 Å². The van der Waals surface area contributed by atoms with E-state index >= 15 is 0 Å². The number of benzene rings is 1. The summed E-state index contributed by atoms with van der Waals surface area (Å²) in [6, 6.07) is 10.1. The van der Waals surface area contributed by atoms with E-state index in [9.17, 15) is 5.11 Å². The van der Waals surface area contributed by atoms with Crippen molar-refractivity contribution in [1.82, 2.24) is 0 Å². The van der Waals surface area contributed by atoms with Gasteiger partial charge in [0.15, 0.2) is 0 Å². The van der Waals surface area contributed by atoms with Gasteiger partial charge in [-0.2, -0.15) is 0 Å². The standard InChI is InChI=1S/C13H13BrOS/c1-2-9-3-5-10(6-4-9)13(15)11-7-12(14)16-8-11/h3-8,13,15H,2H2,1H3. The normalized spacial score (nSPS) is 12.7. The monoisotopic (exact) mass is 296 g/mol. The number of aryl methyl sites for hydroxylation is 1. The third-order valence-corrected chi connectivity index (χ3v) is 4.13. The minimum Gasteiger partial charge on any atom is -0.384 e. The van der Waals surface area contributed by atoms with Gasteiger partial charge in [-0.05, 0) is 50.5 Å². The molecule has 1 N–H and O–H groups in total. The molecule has 0 fully saturated rings. The summed E-state index contributed by atoms with van der Waals surface area (Å²) in [5, 5.41) is 12.1. The highest BCUT2D eigenvalue weighted by atomic mass is 79.9.